The third-order valence-corrected chi connectivity index (χ3v) is 8.88. The summed E-state index contributed by atoms with van der Waals surface area (Å²) >= 11 is 0. The summed E-state index contributed by atoms with van der Waals surface area (Å²) in [5.41, 5.74) is 2.07. The summed E-state index contributed by atoms with van der Waals surface area (Å²) in [7, 11) is -3.71. The first-order valence-electron chi connectivity index (χ1n) is 12.4. The van der Waals surface area contributed by atoms with Crippen molar-refractivity contribution in [2.75, 3.05) is 11.9 Å². The van der Waals surface area contributed by atoms with Gasteiger partial charge in [0.25, 0.3) is 0 Å². The Bertz CT molecular complexity index is 1370. The fourth-order valence-corrected chi connectivity index (χ4v) is 5.38. The summed E-state index contributed by atoms with van der Waals surface area (Å²) in [5, 5.41) is 17.2. The highest BCUT2D eigenvalue weighted by molar-refractivity contribution is 7.89. The zero-order valence-corrected chi connectivity index (χ0v) is 21.3. The number of hydrogen-bond donors (Lipinski definition) is 2. The Labute approximate surface area is 210 Å². The minimum absolute atomic E-state index is 0.0624. The molecular weight excluding hydrogens is 478 g/mol. The molecule has 2 aromatic heterocycles. The highest BCUT2D eigenvalue weighted by Crippen LogP contribution is 2.53. The summed E-state index contributed by atoms with van der Waals surface area (Å²) in [6.07, 6.45) is 10.4. The average Bonchev–Trinajstić information content (AvgIpc) is 3.70. The molecule has 3 aliphatic rings. The predicted molar refractivity (Wildman–Crippen MR) is 134 cm³/mol. The van der Waals surface area contributed by atoms with Crippen LogP contribution in [0.3, 0.4) is 0 Å². The second kappa shape index (κ2) is 8.24. The topological polar surface area (TPSA) is 138 Å². The minimum atomic E-state index is -3.71. The molecule has 3 N–H and O–H groups in total. The molecule has 3 fully saturated rings. The van der Waals surface area contributed by atoms with Gasteiger partial charge in [-0.25, -0.2) is 23.5 Å². The molecule has 1 aromatic carbocycles. The van der Waals surface area contributed by atoms with Crippen LogP contribution in [0.2, 0.25) is 0 Å². The van der Waals surface area contributed by atoms with Crippen molar-refractivity contribution in [3.8, 4) is 6.01 Å². The Balaban J connectivity index is 1.02. The lowest BCUT2D eigenvalue weighted by Crippen LogP contribution is -2.29. The SMILES string of the molecule is CC1(c2nnc(OCC3CC(c4cnc(Nc5ccc(S(N)(=O)=O)cc5)nc4)C3)n2C2(C)CC2)CC1. The van der Waals surface area contributed by atoms with E-state index >= 15 is 0 Å². The van der Waals surface area contributed by atoms with E-state index in [4.69, 9.17) is 9.88 Å². The van der Waals surface area contributed by atoms with Crippen LogP contribution < -0.4 is 15.2 Å². The van der Waals surface area contributed by atoms with Crippen LogP contribution in [0.1, 0.15) is 69.7 Å². The molecule has 0 amide bonds. The van der Waals surface area contributed by atoms with Gasteiger partial charge in [-0.3, -0.25) is 4.57 Å². The van der Waals surface area contributed by atoms with Crippen molar-refractivity contribution < 1.29 is 13.2 Å². The number of rotatable bonds is 9. The van der Waals surface area contributed by atoms with E-state index in [1.54, 1.807) is 12.1 Å². The highest BCUT2D eigenvalue weighted by atomic mass is 32.2. The summed E-state index contributed by atoms with van der Waals surface area (Å²) in [6, 6.07) is 6.83. The Morgan fingerprint density at radius 3 is 2.31 bits per heavy atom. The molecule has 2 heterocycles. The molecule has 0 bridgehead atoms. The van der Waals surface area contributed by atoms with Gasteiger partial charge in [0, 0.05) is 29.0 Å². The third kappa shape index (κ3) is 4.45. The van der Waals surface area contributed by atoms with E-state index in [0.29, 0.717) is 36.1 Å². The molecule has 10 nitrogen and oxygen atoms in total. The van der Waals surface area contributed by atoms with E-state index in [2.05, 4.69) is 43.9 Å². The first kappa shape index (κ1) is 23.4. The molecule has 0 aliphatic heterocycles. The highest BCUT2D eigenvalue weighted by Gasteiger charge is 2.51. The summed E-state index contributed by atoms with van der Waals surface area (Å²) in [4.78, 5) is 8.91. The van der Waals surface area contributed by atoms with Gasteiger partial charge in [0.2, 0.25) is 16.0 Å². The van der Waals surface area contributed by atoms with Gasteiger partial charge < -0.3 is 10.1 Å². The fourth-order valence-electron chi connectivity index (χ4n) is 4.86. The van der Waals surface area contributed by atoms with Gasteiger partial charge in [-0.15, -0.1) is 5.10 Å². The third-order valence-electron chi connectivity index (χ3n) is 7.95. The Hall–Kier alpha value is -3.05. The maximum Gasteiger partial charge on any atom is 0.317 e. The van der Waals surface area contributed by atoms with Gasteiger partial charge in [0.15, 0.2) is 0 Å². The molecule has 0 unspecified atom stereocenters. The van der Waals surface area contributed by atoms with E-state index in [1.807, 2.05) is 12.4 Å². The molecule has 6 rings (SSSR count). The number of aromatic nitrogens is 5. The molecular formula is C25H31N7O3S. The Morgan fingerprint density at radius 1 is 1.06 bits per heavy atom. The number of nitrogens with two attached hydrogens (primary N) is 1. The second-order valence-corrected chi connectivity index (χ2v) is 12.6. The van der Waals surface area contributed by atoms with Crippen molar-refractivity contribution in [3.05, 3.63) is 48.0 Å². The molecule has 11 heteroatoms. The fraction of sp³-hybridized carbons (Fsp3) is 0.520. The number of benzene rings is 1. The largest absolute Gasteiger partial charge is 0.463 e. The first-order chi connectivity index (χ1) is 17.1. The molecule has 3 aromatic rings. The summed E-state index contributed by atoms with van der Waals surface area (Å²) in [5.74, 6) is 2.44. The zero-order valence-electron chi connectivity index (χ0n) is 20.5. The van der Waals surface area contributed by atoms with E-state index in [9.17, 15) is 8.42 Å². The summed E-state index contributed by atoms with van der Waals surface area (Å²) in [6.45, 7) is 5.19. The van der Waals surface area contributed by atoms with Gasteiger partial charge in [-0.2, -0.15) is 0 Å². The van der Waals surface area contributed by atoms with Gasteiger partial charge in [0.1, 0.15) is 5.82 Å². The molecule has 3 saturated carbocycles. The minimum Gasteiger partial charge on any atom is -0.463 e. The van der Waals surface area contributed by atoms with Crippen molar-refractivity contribution in [2.45, 2.75) is 74.1 Å². The van der Waals surface area contributed by atoms with Crippen LogP contribution in [0.4, 0.5) is 11.6 Å². The van der Waals surface area contributed by atoms with Crippen molar-refractivity contribution in [2.24, 2.45) is 11.1 Å². The predicted octanol–water partition coefficient (Wildman–Crippen LogP) is 3.59. The van der Waals surface area contributed by atoms with Crippen LogP contribution in [0.15, 0.2) is 41.6 Å². The van der Waals surface area contributed by atoms with Crippen molar-refractivity contribution >= 4 is 21.7 Å². The maximum atomic E-state index is 11.4. The lowest BCUT2D eigenvalue weighted by atomic mass is 9.72. The van der Waals surface area contributed by atoms with Crippen LogP contribution in [0, 0.1) is 5.92 Å². The van der Waals surface area contributed by atoms with E-state index < -0.39 is 10.0 Å². The van der Waals surface area contributed by atoms with E-state index in [1.165, 1.54) is 25.0 Å². The quantitative estimate of drug-likeness (QED) is 0.446. The van der Waals surface area contributed by atoms with Crippen LogP contribution in [0.25, 0.3) is 0 Å². The monoisotopic (exact) mass is 509 g/mol. The van der Waals surface area contributed by atoms with Gasteiger partial charge in [-0.1, -0.05) is 12.0 Å². The van der Waals surface area contributed by atoms with Crippen molar-refractivity contribution in [3.63, 3.8) is 0 Å². The number of sulfonamides is 1. The second-order valence-electron chi connectivity index (χ2n) is 11.1. The number of nitrogens with one attached hydrogen (secondary N) is 1. The normalized spacial score (nSPS) is 23.5. The molecule has 0 radical (unpaired) electrons. The lowest BCUT2D eigenvalue weighted by molar-refractivity contribution is 0.141. The van der Waals surface area contributed by atoms with Crippen LogP contribution in [-0.4, -0.2) is 39.8 Å². The number of hydrogen-bond acceptors (Lipinski definition) is 8. The van der Waals surface area contributed by atoms with Crippen LogP contribution in [0.5, 0.6) is 6.01 Å². The number of primary sulfonamides is 1. The zero-order chi connectivity index (χ0) is 25.1. The molecule has 0 spiro atoms. The smallest absolute Gasteiger partial charge is 0.317 e. The molecule has 0 atom stereocenters. The van der Waals surface area contributed by atoms with Gasteiger partial charge in [0.05, 0.1) is 11.5 Å². The molecule has 190 valence electrons. The lowest BCUT2D eigenvalue weighted by Gasteiger charge is -2.35. The maximum absolute atomic E-state index is 11.4. The number of nitrogens with zero attached hydrogens (tertiary/aromatic N) is 5. The number of ether oxygens (including phenoxy) is 1. The van der Waals surface area contributed by atoms with Crippen LogP contribution >= 0.6 is 0 Å². The van der Waals surface area contributed by atoms with E-state index in [-0.39, 0.29) is 15.8 Å². The summed E-state index contributed by atoms with van der Waals surface area (Å²) < 4.78 is 31.3. The van der Waals surface area contributed by atoms with Gasteiger partial charge >= 0.3 is 6.01 Å². The first-order valence-corrected chi connectivity index (χ1v) is 14.0. The number of anilines is 2. The van der Waals surface area contributed by atoms with Crippen molar-refractivity contribution in [1.82, 2.24) is 24.7 Å². The van der Waals surface area contributed by atoms with Gasteiger partial charge in [-0.05, 0) is 87.1 Å². The van der Waals surface area contributed by atoms with Crippen molar-refractivity contribution in [1.29, 1.82) is 0 Å². The Kier molecular flexibility index (Phi) is 5.34. The van der Waals surface area contributed by atoms with E-state index in [0.717, 1.165) is 37.1 Å². The molecule has 36 heavy (non-hydrogen) atoms. The van der Waals surface area contributed by atoms with Crippen LogP contribution in [-0.2, 0) is 21.0 Å². The molecule has 3 aliphatic carbocycles. The Morgan fingerprint density at radius 2 is 1.72 bits per heavy atom. The standard InChI is InChI=1S/C25H31N7O3S/c1-24(7-8-24)21-30-31-23(32(21)25(2)9-10-25)35-15-16-11-17(12-16)18-13-27-22(28-14-18)29-19-3-5-20(6-4-19)36(26,33)34/h3-6,13-14,16-17H,7-12,15H2,1-2H3,(H2,26,33,34)(H,27,28,29). The molecule has 0 saturated heterocycles. The average molecular weight is 510 g/mol.